The third-order valence-electron chi connectivity index (χ3n) is 12.2. The van der Waals surface area contributed by atoms with E-state index in [2.05, 4.69) is 70.4 Å². The van der Waals surface area contributed by atoms with E-state index in [9.17, 15) is 15.0 Å². The Balaban J connectivity index is 1.35. The zero-order chi connectivity index (χ0) is 33.7. The molecule has 0 radical (unpaired) electrons. The fraction of sp³-hybridized carbons (Fsp3) is 0.675. The second kappa shape index (κ2) is 13.0. The lowest BCUT2D eigenvalue weighted by molar-refractivity contribution is -0.322. The van der Waals surface area contributed by atoms with Crippen molar-refractivity contribution in [1.29, 1.82) is 0 Å². The van der Waals surface area contributed by atoms with E-state index in [1.807, 2.05) is 6.08 Å². The van der Waals surface area contributed by atoms with Crippen molar-refractivity contribution in [2.24, 2.45) is 22.7 Å². The van der Waals surface area contributed by atoms with Gasteiger partial charge in [0.05, 0.1) is 24.4 Å². The second-order valence-corrected chi connectivity index (χ2v) is 17.3. The summed E-state index contributed by atoms with van der Waals surface area (Å²) in [5, 5.41) is 25.2. The lowest BCUT2D eigenvalue weighted by atomic mass is 9.50. The minimum absolute atomic E-state index is 0.0271. The Kier molecular flexibility index (Phi) is 9.61. The molecule has 1 spiro atoms. The number of aliphatic hydroxyl groups is 2. The van der Waals surface area contributed by atoms with Gasteiger partial charge in [-0.2, -0.15) is 11.8 Å². The molecule has 0 bridgehead atoms. The van der Waals surface area contributed by atoms with Crippen LogP contribution in [0.1, 0.15) is 109 Å². The third kappa shape index (κ3) is 6.51. The number of allylic oxidation sites excluding steroid dienone is 1. The van der Waals surface area contributed by atoms with Gasteiger partial charge in [-0.3, -0.25) is 4.79 Å². The molecular weight excluding hydrogens is 609 g/mol. The second-order valence-electron chi connectivity index (χ2n) is 16.0. The van der Waals surface area contributed by atoms with Crippen molar-refractivity contribution >= 4 is 17.7 Å². The number of carbonyl (C=O) groups is 1. The molecule has 2 N–H and O–H groups in total. The number of rotatable bonds is 7. The number of benzene rings is 1. The van der Waals surface area contributed by atoms with E-state index in [1.54, 1.807) is 18.7 Å². The van der Waals surface area contributed by atoms with Crippen LogP contribution in [0.15, 0.2) is 48.1 Å². The van der Waals surface area contributed by atoms with Crippen molar-refractivity contribution < 1.29 is 29.2 Å². The maximum absolute atomic E-state index is 12.5. The monoisotopic (exact) mass is 662 g/mol. The largest absolute Gasteiger partial charge is 0.452 e. The van der Waals surface area contributed by atoms with Gasteiger partial charge in [0.15, 0.2) is 12.4 Å². The summed E-state index contributed by atoms with van der Waals surface area (Å²) in [4.78, 5) is 11.5. The van der Waals surface area contributed by atoms with Crippen LogP contribution >= 0.6 is 11.8 Å². The molecule has 1 aliphatic heterocycles. The number of fused-ring (bicyclic) bond motifs is 4. The fourth-order valence-electron chi connectivity index (χ4n) is 9.38. The van der Waals surface area contributed by atoms with Crippen molar-refractivity contribution in [3.05, 3.63) is 59.2 Å². The first kappa shape index (κ1) is 34.8. The highest BCUT2D eigenvalue weighted by molar-refractivity contribution is 8.00. The number of hydrogen-bond donors (Lipinski definition) is 2. The van der Waals surface area contributed by atoms with Gasteiger partial charge in [-0.05, 0) is 80.6 Å². The van der Waals surface area contributed by atoms with Crippen LogP contribution in [0.3, 0.4) is 0 Å². The molecule has 1 aromatic carbocycles. The van der Waals surface area contributed by atoms with E-state index in [1.165, 1.54) is 16.7 Å². The Bertz CT molecular complexity index is 1440. The molecule has 0 aromatic heterocycles. The molecular formula is C40H54O6S. The zero-order valence-corrected chi connectivity index (χ0v) is 29.8. The summed E-state index contributed by atoms with van der Waals surface area (Å²) in [6, 6.07) is 8.46. The van der Waals surface area contributed by atoms with Crippen molar-refractivity contribution in [3.8, 4) is 11.8 Å². The molecule has 6 nitrogen and oxygen atoms in total. The first-order chi connectivity index (χ1) is 22.3. The molecule has 0 amide bonds. The summed E-state index contributed by atoms with van der Waals surface area (Å²) in [6.45, 7) is 15.9. The number of thioether (sulfide) groups is 1. The first-order valence-electron chi connectivity index (χ1n) is 17.7. The van der Waals surface area contributed by atoms with Crippen LogP contribution in [0.25, 0.3) is 0 Å². The predicted molar refractivity (Wildman–Crippen MR) is 187 cm³/mol. The molecule has 3 saturated carbocycles. The Labute approximate surface area is 286 Å². The van der Waals surface area contributed by atoms with Gasteiger partial charge in [0.1, 0.15) is 0 Å². The summed E-state index contributed by atoms with van der Waals surface area (Å²) < 4.78 is 18.0. The molecule has 4 aliphatic carbocycles. The summed E-state index contributed by atoms with van der Waals surface area (Å²) in [5.41, 5.74) is 2.69. The molecule has 256 valence electrons. The highest BCUT2D eigenvalue weighted by atomic mass is 32.2. The molecule has 6 rings (SSSR count). The number of carbonyl (C=O) groups excluding carboxylic acids is 1. The highest BCUT2D eigenvalue weighted by Gasteiger charge is 2.64. The van der Waals surface area contributed by atoms with Crippen LogP contribution in [0.5, 0.6) is 0 Å². The number of hydrogen-bond acceptors (Lipinski definition) is 7. The minimum atomic E-state index is -0.955. The van der Waals surface area contributed by atoms with E-state index in [0.717, 1.165) is 44.1 Å². The van der Waals surface area contributed by atoms with Gasteiger partial charge in [0.2, 0.25) is 0 Å². The molecule has 1 saturated heterocycles. The average Bonchev–Trinajstić information content (AvgIpc) is 3.32. The minimum Gasteiger partial charge on any atom is -0.452 e. The van der Waals surface area contributed by atoms with Crippen molar-refractivity contribution in [1.82, 2.24) is 0 Å². The van der Waals surface area contributed by atoms with Crippen molar-refractivity contribution in [2.45, 2.75) is 121 Å². The predicted octanol–water partition coefficient (Wildman–Crippen LogP) is 7.32. The highest BCUT2D eigenvalue weighted by Crippen LogP contribution is 2.68. The van der Waals surface area contributed by atoms with Crippen molar-refractivity contribution in [3.63, 3.8) is 0 Å². The van der Waals surface area contributed by atoms with Gasteiger partial charge in [0.25, 0.3) is 0 Å². The summed E-state index contributed by atoms with van der Waals surface area (Å²) in [6.07, 6.45) is 8.55. The molecule has 47 heavy (non-hydrogen) atoms. The van der Waals surface area contributed by atoms with Crippen LogP contribution in [0.4, 0.5) is 0 Å². The molecule has 7 heteroatoms. The molecule has 4 fully saturated rings. The third-order valence-corrected chi connectivity index (χ3v) is 13.6. The summed E-state index contributed by atoms with van der Waals surface area (Å²) in [7, 11) is 0. The molecule has 1 aromatic rings. The van der Waals surface area contributed by atoms with E-state index in [0.29, 0.717) is 50.1 Å². The smallest absolute Gasteiger partial charge is 0.306 e. The quantitative estimate of drug-likeness (QED) is 0.180. The standard InChI is InChI=1S/C40H54O6S/c1-7-27(3)47-26-39(43)19-16-32-30-15-18-38(42)23-40(45-24-36(4,5)25-46-40)20-17-33(38)35(30)31(22-37(32,39)6)29-13-11-28(12-14-29)10-9-21-44-34(41)8-2/h7,11-14,27,30-32,42-43H,1,8,15-26H2,2-6H3. The molecule has 7 unspecified atom stereocenters. The van der Waals surface area contributed by atoms with Crippen LogP contribution < -0.4 is 0 Å². The normalized spacial score (nSPS) is 35.9. The summed E-state index contributed by atoms with van der Waals surface area (Å²) >= 11 is 1.80. The molecule has 1 heterocycles. The Morgan fingerprint density at radius 2 is 1.85 bits per heavy atom. The number of esters is 1. The van der Waals surface area contributed by atoms with Gasteiger partial charge in [-0.15, -0.1) is 6.58 Å². The molecule has 7 atom stereocenters. The van der Waals surface area contributed by atoms with Crippen LogP contribution in [-0.2, 0) is 19.0 Å². The van der Waals surface area contributed by atoms with Gasteiger partial charge in [-0.1, -0.05) is 63.3 Å². The maximum Gasteiger partial charge on any atom is 0.306 e. The van der Waals surface area contributed by atoms with Gasteiger partial charge < -0.3 is 24.4 Å². The van der Waals surface area contributed by atoms with Gasteiger partial charge in [0, 0.05) is 52.6 Å². The SMILES string of the molecule is C=CC(C)SCC1(O)CCC2C3CCC4(O)CC5(CCC4=C3C(c3ccc(C#CCOC(=O)CC)cc3)CC21C)OCC(C)(C)CO5. The van der Waals surface area contributed by atoms with Crippen molar-refractivity contribution in [2.75, 3.05) is 25.6 Å². The zero-order valence-electron chi connectivity index (χ0n) is 29.0. The van der Waals surface area contributed by atoms with Crippen LogP contribution in [-0.4, -0.2) is 64.0 Å². The maximum atomic E-state index is 12.5. The Hall–Kier alpha value is -2.08. The van der Waals surface area contributed by atoms with E-state index in [-0.39, 0.29) is 34.6 Å². The Morgan fingerprint density at radius 3 is 2.53 bits per heavy atom. The van der Waals surface area contributed by atoms with E-state index in [4.69, 9.17) is 14.2 Å². The van der Waals surface area contributed by atoms with E-state index >= 15 is 0 Å². The fourth-order valence-corrected chi connectivity index (χ4v) is 10.5. The lowest BCUT2D eigenvalue weighted by Crippen LogP contribution is -2.58. The number of ether oxygens (including phenoxy) is 3. The lowest BCUT2D eigenvalue weighted by Gasteiger charge is -2.58. The van der Waals surface area contributed by atoms with E-state index < -0.39 is 17.0 Å². The van der Waals surface area contributed by atoms with Crippen LogP contribution in [0, 0.1) is 34.5 Å². The molecule has 5 aliphatic rings. The summed E-state index contributed by atoms with van der Waals surface area (Å²) in [5.74, 6) is 6.59. The van der Waals surface area contributed by atoms with Gasteiger partial charge >= 0.3 is 5.97 Å². The average molecular weight is 663 g/mol. The van der Waals surface area contributed by atoms with Crippen LogP contribution in [0.2, 0.25) is 0 Å². The first-order valence-corrected chi connectivity index (χ1v) is 18.8. The Morgan fingerprint density at radius 1 is 1.13 bits per heavy atom. The van der Waals surface area contributed by atoms with Gasteiger partial charge in [-0.25, -0.2) is 0 Å². The topological polar surface area (TPSA) is 85.2 Å².